The Morgan fingerprint density at radius 2 is 2.15 bits per heavy atom. The molecule has 0 saturated heterocycles. The first-order valence-corrected chi connectivity index (χ1v) is 6.15. The van der Waals surface area contributed by atoms with E-state index < -0.39 is 10.0 Å². The van der Waals surface area contributed by atoms with Gasteiger partial charge in [0.25, 0.3) is 0 Å². The quantitative estimate of drug-likeness (QED) is 0.765. The Labute approximate surface area is 85.3 Å². The van der Waals surface area contributed by atoms with Gasteiger partial charge in [0.1, 0.15) is 0 Å². The summed E-state index contributed by atoms with van der Waals surface area (Å²) in [5.41, 5.74) is 0.891. The summed E-state index contributed by atoms with van der Waals surface area (Å²) in [6.07, 6.45) is 0.766. The summed E-state index contributed by atoms with van der Waals surface area (Å²) in [6, 6.07) is 5.34. The lowest BCUT2D eigenvalue weighted by Gasteiger charge is -2.16. The number of benzene rings is 1. The summed E-state index contributed by atoms with van der Waals surface area (Å²) in [5, 5.41) is 0. The molecule has 1 aromatic rings. The molecule has 0 unspecified atom stereocenters. The van der Waals surface area contributed by atoms with E-state index in [0.29, 0.717) is 11.4 Å². The largest absolute Gasteiger partial charge is 0.240 e. The molecule has 13 heavy (non-hydrogen) atoms. The highest BCUT2D eigenvalue weighted by atomic mass is 79.9. The fourth-order valence-electron chi connectivity index (χ4n) is 1.38. The van der Waals surface area contributed by atoms with Crippen LogP contribution in [0.4, 0.5) is 0 Å². The molecule has 2 rings (SSSR count). The molecule has 3 nitrogen and oxygen atoms in total. The van der Waals surface area contributed by atoms with E-state index in [-0.39, 0.29) is 0 Å². The lowest BCUT2D eigenvalue weighted by Crippen LogP contribution is -2.31. The molecule has 0 amide bonds. The molecule has 1 heterocycles. The topological polar surface area (TPSA) is 46.2 Å². The predicted octanol–water partition coefficient (Wildman–Crippen LogP) is 1.28. The molecule has 0 aromatic heterocycles. The predicted molar refractivity (Wildman–Crippen MR) is 53.0 cm³/mol. The standard InChI is InChI=1S/C8H8BrNO2S/c9-7-2-1-6-3-4-10-13(11,12)8(6)5-7/h1-2,5,10H,3-4H2. The summed E-state index contributed by atoms with van der Waals surface area (Å²) in [4.78, 5) is 0.396. The van der Waals surface area contributed by atoms with Crippen molar-refractivity contribution in [2.45, 2.75) is 11.3 Å². The van der Waals surface area contributed by atoms with Gasteiger partial charge in [-0.05, 0) is 24.1 Å². The fraction of sp³-hybridized carbons (Fsp3) is 0.250. The number of hydrogen-bond acceptors (Lipinski definition) is 2. The number of rotatable bonds is 0. The Hall–Kier alpha value is -0.390. The van der Waals surface area contributed by atoms with Gasteiger partial charge in [0.15, 0.2) is 0 Å². The normalized spacial score (nSPS) is 19.5. The van der Waals surface area contributed by atoms with Crippen molar-refractivity contribution in [3.05, 3.63) is 28.2 Å². The lowest BCUT2D eigenvalue weighted by atomic mass is 10.1. The van der Waals surface area contributed by atoms with Crippen LogP contribution in [0.5, 0.6) is 0 Å². The monoisotopic (exact) mass is 261 g/mol. The molecule has 1 N–H and O–H groups in total. The molecule has 0 spiro atoms. The maximum absolute atomic E-state index is 11.5. The number of fused-ring (bicyclic) bond motifs is 1. The van der Waals surface area contributed by atoms with Crippen molar-refractivity contribution in [2.75, 3.05) is 6.54 Å². The van der Waals surface area contributed by atoms with Gasteiger partial charge in [-0.3, -0.25) is 0 Å². The first-order chi connectivity index (χ1) is 6.09. The van der Waals surface area contributed by atoms with Gasteiger partial charge in [-0.2, -0.15) is 0 Å². The van der Waals surface area contributed by atoms with Crippen LogP contribution in [0.25, 0.3) is 0 Å². The van der Waals surface area contributed by atoms with Crippen LogP contribution in [0.2, 0.25) is 0 Å². The van der Waals surface area contributed by atoms with E-state index in [1.54, 1.807) is 6.07 Å². The van der Waals surface area contributed by atoms with E-state index >= 15 is 0 Å². The Morgan fingerprint density at radius 3 is 2.92 bits per heavy atom. The van der Waals surface area contributed by atoms with Crippen LogP contribution in [-0.2, 0) is 16.4 Å². The van der Waals surface area contributed by atoms with Crippen LogP contribution in [0.15, 0.2) is 27.6 Å². The van der Waals surface area contributed by atoms with E-state index in [9.17, 15) is 8.42 Å². The molecule has 1 aliphatic heterocycles. The molecular weight excluding hydrogens is 254 g/mol. The Balaban J connectivity index is 2.68. The molecule has 0 atom stereocenters. The van der Waals surface area contributed by atoms with Crippen LogP contribution in [-0.4, -0.2) is 15.0 Å². The van der Waals surface area contributed by atoms with Crippen LogP contribution >= 0.6 is 15.9 Å². The van der Waals surface area contributed by atoms with Crippen molar-refractivity contribution in [3.8, 4) is 0 Å². The minimum absolute atomic E-state index is 0.396. The maximum Gasteiger partial charge on any atom is 0.240 e. The number of sulfonamides is 1. The third kappa shape index (κ3) is 1.63. The van der Waals surface area contributed by atoms with Crippen molar-refractivity contribution in [1.29, 1.82) is 0 Å². The van der Waals surface area contributed by atoms with Crippen molar-refractivity contribution in [3.63, 3.8) is 0 Å². The van der Waals surface area contributed by atoms with Gasteiger partial charge in [0.2, 0.25) is 10.0 Å². The van der Waals surface area contributed by atoms with Gasteiger partial charge in [-0.25, -0.2) is 13.1 Å². The molecule has 5 heteroatoms. The summed E-state index contributed by atoms with van der Waals surface area (Å²) in [6.45, 7) is 0.497. The molecule has 0 saturated carbocycles. The van der Waals surface area contributed by atoms with E-state index in [4.69, 9.17) is 0 Å². The second kappa shape index (κ2) is 3.08. The van der Waals surface area contributed by atoms with Crippen LogP contribution in [0, 0.1) is 0 Å². The van der Waals surface area contributed by atoms with Gasteiger partial charge < -0.3 is 0 Å². The lowest BCUT2D eigenvalue weighted by molar-refractivity contribution is 0.573. The highest BCUT2D eigenvalue weighted by molar-refractivity contribution is 9.10. The first-order valence-electron chi connectivity index (χ1n) is 3.88. The number of hydrogen-bond donors (Lipinski definition) is 1. The minimum Gasteiger partial charge on any atom is -0.211 e. The molecule has 0 aliphatic carbocycles. The molecule has 0 radical (unpaired) electrons. The molecule has 0 fully saturated rings. The molecule has 1 aliphatic rings. The average molecular weight is 262 g/mol. The Kier molecular flexibility index (Phi) is 2.17. The van der Waals surface area contributed by atoms with E-state index in [0.717, 1.165) is 16.5 Å². The smallest absolute Gasteiger partial charge is 0.211 e. The van der Waals surface area contributed by atoms with Crippen LogP contribution in [0.1, 0.15) is 5.56 Å². The maximum atomic E-state index is 11.5. The summed E-state index contributed by atoms with van der Waals surface area (Å²) in [7, 11) is -3.24. The van der Waals surface area contributed by atoms with Gasteiger partial charge >= 0.3 is 0 Å². The highest BCUT2D eigenvalue weighted by Gasteiger charge is 2.22. The van der Waals surface area contributed by atoms with Crippen molar-refractivity contribution >= 4 is 26.0 Å². The summed E-state index contributed by atoms with van der Waals surface area (Å²) >= 11 is 3.25. The SMILES string of the molecule is O=S1(=O)NCCc2ccc(Br)cc21. The molecule has 0 bridgehead atoms. The molecule has 70 valence electrons. The van der Waals surface area contributed by atoms with Gasteiger partial charge in [0.05, 0.1) is 4.90 Å². The summed E-state index contributed by atoms with van der Waals surface area (Å²) < 4.78 is 26.3. The molecular formula is C8H8BrNO2S. The fourth-order valence-corrected chi connectivity index (χ4v) is 3.22. The van der Waals surface area contributed by atoms with Gasteiger partial charge in [-0.15, -0.1) is 0 Å². The third-order valence-electron chi connectivity index (χ3n) is 2.01. The first kappa shape index (κ1) is 9.18. The van der Waals surface area contributed by atoms with E-state index in [2.05, 4.69) is 20.7 Å². The van der Waals surface area contributed by atoms with Crippen LogP contribution in [0.3, 0.4) is 0 Å². The van der Waals surface area contributed by atoms with Crippen molar-refractivity contribution < 1.29 is 8.42 Å². The minimum atomic E-state index is -3.24. The summed E-state index contributed by atoms with van der Waals surface area (Å²) in [5.74, 6) is 0. The average Bonchev–Trinajstić information content (AvgIpc) is 2.06. The van der Waals surface area contributed by atoms with Crippen molar-refractivity contribution in [2.24, 2.45) is 0 Å². The van der Waals surface area contributed by atoms with Gasteiger partial charge in [0, 0.05) is 11.0 Å². The van der Waals surface area contributed by atoms with Crippen molar-refractivity contribution in [1.82, 2.24) is 4.72 Å². The Morgan fingerprint density at radius 1 is 1.38 bits per heavy atom. The van der Waals surface area contributed by atoms with E-state index in [1.807, 2.05) is 12.1 Å². The second-order valence-corrected chi connectivity index (χ2v) is 5.55. The zero-order chi connectivity index (χ0) is 9.47. The Bertz CT molecular complexity index is 441. The highest BCUT2D eigenvalue weighted by Crippen LogP contribution is 2.23. The zero-order valence-corrected chi connectivity index (χ0v) is 9.15. The third-order valence-corrected chi connectivity index (χ3v) is 4.04. The second-order valence-electron chi connectivity index (χ2n) is 2.90. The van der Waals surface area contributed by atoms with Crippen LogP contribution < -0.4 is 4.72 Å². The number of halogens is 1. The number of nitrogens with one attached hydrogen (secondary N) is 1. The van der Waals surface area contributed by atoms with E-state index in [1.165, 1.54) is 0 Å². The molecule has 1 aromatic carbocycles. The zero-order valence-electron chi connectivity index (χ0n) is 6.75. The van der Waals surface area contributed by atoms with Gasteiger partial charge in [-0.1, -0.05) is 22.0 Å².